The number of carbonyl (C=O) groups is 2. The van der Waals surface area contributed by atoms with Crippen LogP contribution in [-0.2, 0) is 9.59 Å². The fourth-order valence-electron chi connectivity index (χ4n) is 1.57. The highest BCUT2D eigenvalue weighted by Crippen LogP contribution is 2.38. The van der Waals surface area contributed by atoms with Crippen LogP contribution in [0.5, 0.6) is 0 Å². The van der Waals surface area contributed by atoms with Gasteiger partial charge in [-0.2, -0.15) is 0 Å². The summed E-state index contributed by atoms with van der Waals surface area (Å²) < 4.78 is 0. The van der Waals surface area contributed by atoms with Gasteiger partial charge in [0.15, 0.2) is 0 Å². The first kappa shape index (κ1) is 22.1. The van der Waals surface area contributed by atoms with Crippen LogP contribution in [-0.4, -0.2) is 44.1 Å². The van der Waals surface area contributed by atoms with Gasteiger partial charge in [-0.1, -0.05) is 27.7 Å². The minimum Gasteiger partial charge on any atom is -0.481 e. The Hall–Kier alpha value is -1.14. The summed E-state index contributed by atoms with van der Waals surface area (Å²) in [6.07, 6.45) is 0.259. The number of aliphatic hydroxyl groups excluding tert-OH is 1. The summed E-state index contributed by atoms with van der Waals surface area (Å²) in [5.41, 5.74) is -2.62. The van der Waals surface area contributed by atoms with Gasteiger partial charge < -0.3 is 20.4 Å². The molecule has 21 heavy (non-hydrogen) atoms. The van der Waals surface area contributed by atoms with E-state index in [1.165, 1.54) is 13.8 Å². The smallest absolute Gasteiger partial charge is 0.312 e. The third kappa shape index (κ3) is 6.91. The number of hydrogen-bond acceptors (Lipinski definition) is 4. The molecule has 0 aliphatic rings. The average molecular weight is 306 g/mol. The summed E-state index contributed by atoms with van der Waals surface area (Å²) in [4.78, 5) is 20.8. The van der Waals surface area contributed by atoms with Crippen molar-refractivity contribution in [2.24, 2.45) is 11.3 Å². The molecule has 0 radical (unpaired) electrons. The van der Waals surface area contributed by atoms with Crippen LogP contribution in [0.15, 0.2) is 0 Å². The van der Waals surface area contributed by atoms with E-state index >= 15 is 0 Å². The monoisotopic (exact) mass is 306 g/mol. The van der Waals surface area contributed by atoms with Crippen molar-refractivity contribution in [3.8, 4) is 0 Å². The third-order valence-electron chi connectivity index (χ3n) is 3.82. The summed E-state index contributed by atoms with van der Waals surface area (Å²) >= 11 is 0. The molecule has 0 amide bonds. The van der Waals surface area contributed by atoms with Crippen LogP contribution in [0.25, 0.3) is 0 Å². The van der Waals surface area contributed by atoms with Gasteiger partial charge >= 0.3 is 11.9 Å². The fourth-order valence-corrected chi connectivity index (χ4v) is 1.57. The van der Waals surface area contributed by atoms with Gasteiger partial charge in [0.1, 0.15) is 0 Å². The van der Waals surface area contributed by atoms with Crippen molar-refractivity contribution in [3.05, 3.63) is 0 Å². The molecule has 6 heteroatoms. The van der Waals surface area contributed by atoms with Crippen molar-refractivity contribution in [2.75, 3.05) is 0 Å². The van der Waals surface area contributed by atoms with Crippen LogP contribution < -0.4 is 0 Å². The van der Waals surface area contributed by atoms with E-state index in [1.54, 1.807) is 27.7 Å². The second kappa shape index (κ2) is 9.00. The largest absolute Gasteiger partial charge is 0.481 e. The van der Waals surface area contributed by atoms with Gasteiger partial charge in [-0.15, -0.1) is 0 Å². The van der Waals surface area contributed by atoms with Crippen LogP contribution in [0.1, 0.15) is 60.8 Å². The molecule has 0 bridgehead atoms. The second-order valence-electron chi connectivity index (χ2n) is 6.07. The number of carboxylic acids is 2. The Bertz CT molecular complexity index is 337. The second-order valence-corrected chi connectivity index (χ2v) is 6.07. The molecule has 0 saturated heterocycles. The highest BCUT2D eigenvalue weighted by atomic mass is 16.4. The van der Waals surface area contributed by atoms with E-state index in [9.17, 15) is 19.8 Å². The maximum Gasteiger partial charge on any atom is 0.312 e. The van der Waals surface area contributed by atoms with E-state index < -0.39 is 29.1 Å². The number of hydrogen-bond donors (Lipinski definition) is 4. The third-order valence-corrected chi connectivity index (χ3v) is 3.82. The molecule has 0 aliphatic carbocycles. The van der Waals surface area contributed by atoms with E-state index in [2.05, 4.69) is 0 Å². The first-order valence-electron chi connectivity index (χ1n) is 7.22. The van der Waals surface area contributed by atoms with Gasteiger partial charge in [-0.05, 0) is 26.7 Å². The molecule has 6 nitrogen and oxygen atoms in total. The Morgan fingerprint density at radius 2 is 1.48 bits per heavy atom. The molecule has 0 aromatic rings. The van der Waals surface area contributed by atoms with Crippen LogP contribution in [0, 0.1) is 11.3 Å². The Morgan fingerprint density at radius 1 is 1.10 bits per heavy atom. The predicted molar refractivity (Wildman–Crippen MR) is 80.0 cm³/mol. The Kier molecular flexibility index (Phi) is 9.49. The van der Waals surface area contributed by atoms with Crippen molar-refractivity contribution >= 4 is 11.9 Å². The van der Waals surface area contributed by atoms with Crippen LogP contribution in [0.3, 0.4) is 0 Å². The first-order chi connectivity index (χ1) is 9.35. The Morgan fingerprint density at radius 3 is 1.67 bits per heavy atom. The SMILES string of the molecule is CC(C)C(=O)O.CCC(O)CC(O)(CC)C(C)(C)C(=O)O. The summed E-state index contributed by atoms with van der Waals surface area (Å²) in [5, 5.41) is 36.8. The number of aliphatic hydroxyl groups is 2. The van der Waals surface area contributed by atoms with E-state index in [1.807, 2.05) is 0 Å². The van der Waals surface area contributed by atoms with Crippen molar-refractivity contribution in [1.29, 1.82) is 0 Å². The lowest BCUT2D eigenvalue weighted by Crippen LogP contribution is -2.51. The van der Waals surface area contributed by atoms with Gasteiger partial charge in [-0.25, -0.2) is 0 Å². The number of rotatable bonds is 7. The van der Waals surface area contributed by atoms with Gasteiger partial charge in [0.2, 0.25) is 0 Å². The molecular weight excluding hydrogens is 276 g/mol. The standard InChI is InChI=1S/C11H22O4.C4H8O2/c1-5-8(12)7-11(15,6-2)10(3,4)9(13)14;1-3(2)4(5)6/h8,12,15H,5-7H2,1-4H3,(H,13,14);3H,1-2H3,(H,5,6). The lowest BCUT2D eigenvalue weighted by Gasteiger charge is -2.40. The molecule has 0 aromatic carbocycles. The van der Waals surface area contributed by atoms with E-state index in [4.69, 9.17) is 10.2 Å². The molecule has 0 rings (SSSR count). The highest BCUT2D eigenvalue weighted by Gasteiger charge is 2.48. The molecule has 0 aliphatic heterocycles. The predicted octanol–water partition coefficient (Wildman–Crippen LogP) is 2.13. The summed E-state index contributed by atoms with van der Waals surface area (Å²) in [7, 11) is 0. The molecule has 0 saturated carbocycles. The summed E-state index contributed by atoms with van der Waals surface area (Å²) in [5.74, 6) is -2.02. The number of carboxylic acid groups (broad SMARTS) is 2. The molecule has 4 N–H and O–H groups in total. The lowest BCUT2D eigenvalue weighted by molar-refractivity contribution is -0.169. The molecule has 2 unspecified atom stereocenters. The van der Waals surface area contributed by atoms with Gasteiger partial charge in [0.25, 0.3) is 0 Å². The molecule has 0 heterocycles. The lowest BCUT2D eigenvalue weighted by atomic mass is 9.70. The maximum absolute atomic E-state index is 11.1. The first-order valence-corrected chi connectivity index (χ1v) is 7.22. The minimum atomic E-state index is -1.37. The Balaban J connectivity index is 0. The van der Waals surface area contributed by atoms with Crippen LogP contribution in [0.2, 0.25) is 0 Å². The summed E-state index contributed by atoms with van der Waals surface area (Å²) in [6.45, 7) is 9.79. The van der Waals surface area contributed by atoms with E-state index in [-0.39, 0.29) is 12.3 Å². The normalized spacial score (nSPS) is 15.7. The van der Waals surface area contributed by atoms with E-state index in [0.29, 0.717) is 12.8 Å². The molecular formula is C15H30O6. The minimum absolute atomic E-state index is 0.0965. The van der Waals surface area contributed by atoms with Crippen molar-refractivity contribution in [3.63, 3.8) is 0 Å². The fraction of sp³-hybridized carbons (Fsp3) is 0.867. The van der Waals surface area contributed by atoms with Crippen molar-refractivity contribution in [2.45, 2.75) is 72.5 Å². The zero-order valence-corrected chi connectivity index (χ0v) is 13.9. The Labute approximate surface area is 126 Å². The molecule has 126 valence electrons. The zero-order valence-electron chi connectivity index (χ0n) is 13.9. The molecule has 0 aromatic heterocycles. The molecule has 0 spiro atoms. The average Bonchev–Trinajstić information content (AvgIpc) is 2.38. The molecule has 2 atom stereocenters. The van der Waals surface area contributed by atoms with Crippen molar-refractivity contribution in [1.82, 2.24) is 0 Å². The number of aliphatic carboxylic acids is 2. The van der Waals surface area contributed by atoms with E-state index in [0.717, 1.165) is 0 Å². The summed E-state index contributed by atoms with van der Waals surface area (Å²) in [6, 6.07) is 0. The van der Waals surface area contributed by atoms with Gasteiger partial charge in [-0.3, -0.25) is 9.59 Å². The van der Waals surface area contributed by atoms with Crippen LogP contribution in [0.4, 0.5) is 0 Å². The van der Waals surface area contributed by atoms with Crippen molar-refractivity contribution < 1.29 is 30.0 Å². The zero-order chi connectivity index (χ0) is 17.4. The highest BCUT2D eigenvalue weighted by molar-refractivity contribution is 5.75. The molecule has 0 fully saturated rings. The van der Waals surface area contributed by atoms with Crippen LogP contribution >= 0.6 is 0 Å². The van der Waals surface area contributed by atoms with Gasteiger partial charge in [0.05, 0.1) is 23.0 Å². The van der Waals surface area contributed by atoms with Gasteiger partial charge in [0, 0.05) is 6.42 Å². The maximum atomic E-state index is 11.1. The topological polar surface area (TPSA) is 115 Å². The quantitative estimate of drug-likeness (QED) is 0.572.